The van der Waals surface area contributed by atoms with E-state index >= 15 is 0 Å². The van der Waals surface area contributed by atoms with E-state index in [1.807, 2.05) is 0 Å². The summed E-state index contributed by atoms with van der Waals surface area (Å²) in [5.74, 6) is 0.505. The summed E-state index contributed by atoms with van der Waals surface area (Å²) >= 11 is 3.63. The Bertz CT molecular complexity index is 1820. The number of rotatable bonds is 7. The fourth-order valence-electron chi connectivity index (χ4n) is 6.52. The van der Waals surface area contributed by atoms with E-state index in [1.54, 1.807) is 34.9 Å². The van der Waals surface area contributed by atoms with Gasteiger partial charge in [0.05, 0.1) is 50.7 Å². The van der Waals surface area contributed by atoms with E-state index in [4.69, 9.17) is 23.7 Å². The molecule has 4 aromatic rings. The van der Waals surface area contributed by atoms with Crippen LogP contribution < -0.4 is 23.8 Å². The van der Waals surface area contributed by atoms with Crippen LogP contribution in [0.2, 0.25) is 0 Å². The van der Waals surface area contributed by atoms with Crippen molar-refractivity contribution in [2.45, 2.75) is 32.1 Å². The lowest BCUT2D eigenvalue weighted by molar-refractivity contribution is 0.0602. The Labute approximate surface area is 268 Å². The van der Waals surface area contributed by atoms with E-state index in [-0.39, 0.29) is 17.6 Å². The van der Waals surface area contributed by atoms with Crippen molar-refractivity contribution >= 4 is 61.4 Å². The molecule has 13 heteroatoms. The predicted molar refractivity (Wildman–Crippen MR) is 172 cm³/mol. The van der Waals surface area contributed by atoms with Crippen LogP contribution in [-0.4, -0.2) is 86.2 Å². The summed E-state index contributed by atoms with van der Waals surface area (Å²) in [5, 5.41) is 1.79. The topological polar surface area (TPSA) is 135 Å². The number of H-pyrrole nitrogens is 2. The lowest BCUT2D eigenvalue weighted by Crippen LogP contribution is -2.37. The molecule has 0 unspecified atom stereocenters. The molecule has 12 nitrogen and oxygen atoms in total. The molecule has 2 aliphatic rings. The summed E-state index contributed by atoms with van der Waals surface area (Å²) in [6.07, 6.45) is 2.41. The van der Waals surface area contributed by atoms with Crippen LogP contribution in [0.25, 0.3) is 21.8 Å². The van der Waals surface area contributed by atoms with E-state index < -0.39 is 12.1 Å². The quantitative estimate of drug-likeness (QED) is 0.182. The van der Waals surface area contributed by atoms with E-state index in [0.717, 1.165) is 24.8 Å². The average Bonchev–Trinajstić information content (AvgIpc) is 3.76. The van der Waals surface area contributed by atoms with Crippen LogP contribution in [-0.2, 0) is 4.74 Å². The minimum absolute atomic E-state index is 0.170. The normalized spacial score (nSPS) is 16.2. The first-order valence-corrected chi connectivity index (χ1v) is 15.8. The number of hydrogen-bond donors (Lipinski definition) is 2. The summed E-state index contributed by atoms with van der Waals surface area (Å²) in [7, 11) is 5.90. The zero-order valence-corrected chi connectivity index (χ0v) is 27.4. The number of amides is 2. The highest BCUT2D eigenvalue weighted by Crippen LogP contribution is 2.49. The number of nitrogens with one attached hydrogen (secondary N) is 2. The number of alkyl halides is 1. The van der Waals surface area contributed by atoms with Crippen molar-refractivity contribution in [3.8, 4) is 23.0 Å². The van der Waals surface area contributed by atoms with Crippen LogP contribution in [0, 0.1) is 6.92 Å². The molecular formula is C32H35BrN4O8. The molecule has 45 heavy (non-hydrogen) atoms. The zero-order chi connectivity index (χ0) is 32.0. The molecule has 1 saturated heterocycles. The number of likely N-dealkylation sites (tertiary alicyclic amines) is 1. The third-order valence-electron chi connectivity index (χ3n) is 8.63. The number of carbonyl (C=O) groups excluding carboxylic acids is 3. The molecule has 0 saturated carbocycles. The molecule has 2 N–H and O–H groups in total. The van der Waals surface area contributed by atoms with Crippen LogP contribution in [0.4, 0.5) is 10.5 Å². The molecule has 0 radical (unpaired) electrons. The number of fused-ring (bicyclic) bond motifs is 4. The second-order valence-corrected chi connectivity index (χ2v) is 11.8. The number of halogens is 1. The third kappa shape index (κ3) is 5.02. The van der Waals surface area contributed by atoms with E-state index in [1.165, 1.54) is 28.4 Å². The van der Waals surface area contributed by atoms with Crippen molar-refractivity contribution in [3.63, 3.8) is 0 Å². The number of aromatic nitrogens is 2. The highest BCUT2D eigenvalue weighted by atomic mass is 79.9. The van der Waals surface area contributed by atoms with Gasteiger partial charge in [-0.2, -0.15) is 0 Å². The van der Waals surface area contributed by atoms with Crippen LogP contribution in [0.15, 0.2) is 18.2 Å². The maximum Gasteiger partial charge on any atom is 0.415 e. The molecule has 0 aliphatic carbocycles. The Hall–Kier alpha value is -4.39. The number of methoxy groups -OCH3 is 4. The highest BCUT2D eigenvalue weighted by molar-refractivity contribution is 9.09. The summed E-state index contributed by atoms with van der Waals surface area (Å²) in [6, 6.07) is 5.22. The second-order valence-electron chi connectivity index (χ2n) is 11.1. The number of aromatic amines is 2. The maximum atomic E-state index is 14.3. The van der Waals surface area contributed by atoms with Crippen molar-refractivity contribution in [2.75, 3.05) is 58.3 Å². The number of aryl methyl sites for hydroxylation is 1. The number of hydrogen-bond acceptors (Lipinski definition) is 8. The molecule has 2 amide bonds. The van der Waals surface area contributed by atoms with Gasteiger partial charge >= 0.3 is 12.1 Å². The van der Waals surface area contributed by atoms with Gasteiger partial charge in [-0.25, -0.2) is 9.59 Å². The van der Waals surface area contributed by atoms with Crippen LogP contribution in [0.1, 0.15) is 57.3 Å². The fourth-order valence-corrected chi connectivity index (χ4v) is 7.05. The van der Waals surface area contributed by atoms with Gasteiger partial charge in [-0.15, -0.1) is 0 Å². The Balaban J connectivity index is 1.51. The van der Waals surface area contributed by atoms with E-state index in [2.05, 4.69) is 25.9 Å². The van der Waals surface area contributed by atoms with Gasteiger partial charge in [0.1, 0.15) is 5.69 Å². The molecule has 2 aliphatic heterocycles. The summed E-state index contributed by atoms with van der Waals surface area (Å²) in [4.78, 5) is 50.5. The van der Waals surface area contributed by atoms with Crippen molar-refractivity contribution in [1.82, 2.24) is 14.9 Å². The lowest BCUT2D eigenvalue weighted by Gasteiger charge is -2.26. The third-order valence-corrected chi connectivity index (χ3v) is 9.41. The van der Waals surface area contributed by atoms with Gasteiger partial charge in [-0.05, 0) is 43.9 Å². The Morgan fingerprint density at radius 2 is 1.64 bits per heavy atom. The number of carbonyl (C=O) groups is 3. The SMILES string of the molecule is COC(=O)c1c(C)[nH]c2c(OC(=O)N3CCCCC3)cc3c(c12)[C@H](CBr)CN3C(=O)c1cc2cc(OC)c(OC)c(OC)c2[nH]1. The monoisotopic (exact) mass is 682 g/mol. The van der Waals surface area contributed by atoms with Gasteiger partial charge < -0.3 is 43.5 Å². The van der Waals surface area contributed by atoms with E-state index in [9.17, 15) is 14.4 Å². The second kappa shape index (κ2) is 12.2. The molecule has 1 fully saturated rings. The molecule has 6 rings (SSSR count). The van der Waals surface area contributed by atoms with Gasteiger partial charge in [-0.1, -0.05) is 15.9 Å². The molecular weight excluding hydrogens is 648 g/mol. The molecule has 0 spiro atoms. The smallest absolute Gasteiger partial charge is 0.415 e. The number of piperidine rings is 1. The largest absolute Gasteiger partial charge is 0.493 e. The van der Waals surface area contributed by atoms with Gasteiger partial charge in [0.2, 0.25) is 5.75 Å². The van der Waals surface area contributed by atoms with Gasteiger partial charge in [0, 0.05) is 53.4 Å². The minimum atomic E-state index is -0.524. The van der Waals surface area contributed by atoms with Crippen molar-refractivity contribution < 1.29 is 38.1 Å². The standard InChI is InChI=1S/C32H35BrN4O8/c1-16-23(31(39)44-5)25-24-18(14-33)15-37(20(24)13-21(27(25)34-16)45-32(40)36-9-7-6-8-10-36)30(38)19-11-17-12-22(41-2)28(42-3)29(43-4)26(17)35-19/h11-13,18,34-35H,6-10,14-15H2,1-5H3/t18-/m1/s1. The average molecular weight is 684 g/mol. The first-order chi connectivity index (χ1) is 21.8. The van der Waals surface area contributed by atoms with Crippen LogP contribution >= 0.6 is 15.9 Å². The molecule has 2 aromatic carbocycles. The Morgan fingerprint density at radius 3 is 2.29 bits per heavy atom. The predicted octanol–water partition coefficient (Wildman–Crippen LogP) is 5.89. The Morgan fingerprint density at radius 1 is 0.911 bits per heavy atom. The van der Waals surface area contributed by atoms with Crippen LogP contribution in [0.3, 0.4) is 0 Å². The van der Waals surface area contributed by atoms with E-state index in [0.29, 0.717) is 86.7 Å². The first kappa shape index (κ1) is 30.6. The number of esters is 1. The van der Waals surface area contributed by atoms with Gasteiger partial charge in [0.15, 0.2) is 17.2 Å². The molecule has 238 valence electrons. The summed E-state index contributed by atoms with van der Waals surface area (Å²) in [6.45, 7) is 3.32. The van der Waals surface area contributed by atoms with Crippen molar-refractivity contribution in [2.24, 2.45) is 0 Å². The Kier molecular flexibility index (Phi) is 8.29. The zero-order valence-electron chi connectivity index (χ0n) is 25.8. The molecule has 2 aromatic heterocycles. The number of ether oxygens (including phenoxy) is 5. The number of anilines is 1. The lowest BCUT2D eigenvalue weighted by atomic mass is 9.95. The number of nitrogens with zero attached hydrogens (tertiary/aromatic N) is 2. The highest BCUT2D eigenvalue weighted by Gasteiger charge is 2.39. The fraction of sp³-hybridized carbons (Fsp3) is 0.406. The first-order valence-electron chi connectivity index (χ1n) is 14.7. The maximum absolute atomic E-state index is 14.3. The summed E-state index contributed by atoms with van der Waals surface area (Å²) < 4.78 is 27.8. The minimum Gasteiger partial charge on any atom is -0.493 e. The molecule has 0 bridgehead atoms. The molecule has 1 atom stereocenters. The van der Waals surface area contributed by atoms with Crippen molar-refractivity contribution in [3.05, 3.63) is 40.7 Å². The molecule has 4 heterocycles. The number of benzene rings is 2. The van der Waals surface area contributed by atoms with Gasteiger partial charge in [-0.3, -0.25) is 4.79 Å². The van der Waals surface area contributed by atoms with Crippen LogP contribution in [0.5, 0.6) is 23.0 Å². The van der Waals surface area contributed by atoms with Gasteiger partial charge in [0.25, 0.3) is 5.91 Å². The summed E-state index contributed by atoms with van der Waals surface area (Å²) in [5.41, 5.74) is 3.64. The van der Waals surface area contributed by atoms with Crippen molar-refractivity contribution in [1.29, 1.82) is 0 Å².